The van der Waals surface area contributed by atoms with Crippen molar-refractivity contribution in [3.05, 3.63) is 24.3 Å². The van der Waals surface area contributed by atoms with Gasteiger partial charge in [0.2, 0.25) is 20.0 Å². The van der Waals surface area contributed by atoms with Gasteiger partial charge in [-0.3, -0.25) is 0 Å². The van der Waals surface area contributed by atoms with Gasteiger partial charge in [0, 0.05) is 26.2 Å². The van der Waals surface area contributed by atoms with Crippen LogP contribution in [-0.4, -0.2) is 53.9 Å². The number of rotatable bonds is 8. The van der Waals surface area contributed by atoms with Crippen molar-refractivity contribution in [1.82, 2.24) is 14.3 Å². The van der Waals surface area contributed by atoms with E-state index in [1.807, 2.05) is 6.92 Å². The zero-order valence-corrected chi connectivity index (χ0v) is 16.7. The third kappa shape index (κ3) is 5.90. The third-order valence-electron chi connectivity index (χ3n) is 3.91. The lowest BCUT2D eigenvalue weighted by molar-refractivity contribution is 0.346. The molecule has 2 rings (SSSR count). The van der Waals surface area contributed by atoms with E-state index in [9.17, 15) is 16.8 Å². The molecule has 25 heavy (non-hydrogen) atoms. The second-order valence-electron chi connectivity index (χ2n) is 5.69. The van der Waals surface area contributed by atoms with Crippen molar-refractivity contribution >= 4 is 32.5 Å². The van der Waals surface area contributed by atoms with Gasteiger partial charge < -0.3 is 5.32 Å². The van der Waals surface area contributed by atoms with Crippen LogP contribution in [0.15, 0.2) is 34.1 Å². The molecular weight excluding hydrogens is 386 g/mol. The first-order valence-electron chi connectivity index (χ1n) is 8.18. The first-order chi connectivity index (χ1) is 11.4. The molecule has 1 fully saturated rings. The van der Waals surface area contributed by atoms with Crippen molar-refractivity contribution in [2.45, 2.75) is 36.0 Å². The van der Waals surface area contributed by atoms with Gasteiger partial charge in [-0.2, -0.15) is 4.31 Å². The van der Waals surface area contributed by atoms with Crippen LogP contribution in [0.2, 0.25) is 0 Å². The Bertz CT molecular complexity index is 748. The van der Waals surface area contributed by atoms with E-state index < -0.39 is 20.0 Å². The summed E-state index contributed by atoms with van der Waals surface area (Å²) in [7, 11) is -7.37. The molecule has 2 N–H and O–H groups in total. The van der Waals surface area contributed by atoms with Crippen molar-refractivity contribution in [3.63, 3.8) is 0 Å². The second-order valence-corrected chi connectivity index (χ2v) is 9.40. The zero-order valence-electron chi connectivity index (χ0n) is 14.3. The molecule has 0 atom stereocenters. The van der Waals surface area contributed by atoms with Crippen LogP contribution in [0.25, 0.3) is 0 Å². The Labute approximate surface area is 156 Å². The van der Waals surface area contributed by atoms with Gasteiger partial charge in [-0.15, -0.1) is 12.4 Å². The molecule has 1 aromatic rings. The minimum atomic E-state index is -3.73. The number of hydrogen-bond donors (Lipinski definition) is 2. The monoisotopic (exact) mass is 411 g/mol. The van der Waals surface area contributed by atoms with Crippen molar-refractivity contribution in [2.24, 2.45) is 0 Å². The fraction of sp³-hybridized carbons (Fsp3) is 0.600. The minimum Gasteiger partial charge on any atom is -0.316 e. The van der Waals surface area contributed by atoms with Gasteiger partial charge >= 0.3 is 0 Å². The van der Waals surface area contributed by atoms with Crippen molar-refractivity contribution in [3.8, 4) is 0 Å². The van der Waals surface area contributed by atoms with Gasteiger partial charge in [0.25, 0.3) is 0 Å². The van der Waals surface area contributed by atoms with E-state index in [4.69, 9.17) is 0 Å². The van der Waals surface area contributed by atoms with Crippen LogP contribution in [0.4, 0.5) is 0 Å². The Morgan fingerprint density at radius 1 is 1.00 bits per heavy atom. The molecule has 1 saturated heterocycles. The summed E-state index contributed by atoms with van der Waals surface area (Å²) in [4.78, 5) is -0.00367. The Morgan fingerprint density at radius 3 is 2.28 bits per heavy atom. The van der Waals surface area contributed by atoms with E-state index in [0.29, 0.717) is 19.6 Å². The molecule has 0 aromatic heterocycles. The van der Waals surface area contributed by atoms with E-state index >= 15 is 0 Å². The van der Waals surface area contributed by atoms with Gasteiger partial charge in [-0.25, -0.2) is 21.6 Å². The molecule has 0 radical (unpaired) electrons. The highest BCUT2D eigenvalue weighted by Gasteiger charge is 2.27. The van der Waals surface area contributed by atoms with Crippen molar-refractivity contribution in [1.29, 1.82) is 0 Å². The number of hydrogen-bond acceptors (Lipinski definition) is 5. The molecular formula is C15H26ClN3O4S2. The minimum absolute atomic E-state index is 0. The number of piperidine rings is 1. The van der Waals surface area contributed by atoms with Crippen LogP contribution >= 0.6 is 12.4 Å². The number of sulfonamides is 2. The van der Waals surface area contributed by atoms with E-state index in [0.717, 1.165) is 25.8 Å². The molecule has 144 valence electrons. The first-order valence-corrected chi connectivity index (χ1v) is 11.1. The summed E-state index contributed by atoms with van der Waals surface area (Å²) in [6, 6.07) is 5.56. The molecule has 0 bridgehead atoms. The third-order valence-corrected chi connectivity index (χ3v) is 7.27. The molecule has 1 aliphatic rings. The van der Waals surface area contributed by atoms with E-state index in [-0.39, 0.29) is 28.7 Å². The molecule has 0 saturated carbocycles. The number of nitrogens with zero attached hydrogens (tertiary/aromatic N) is 1. The molecule has 1 aromatic carbocycles. The van der Waals surface area contributed by atoms with Gasteiger partial charge in [0.1, 0.15) is 0 Å². The summed E-state index contributed by atoms with van der Waals surface area (Å²) in [5, 5.41) is 3.02. The molecule has 1 aliphatic heterocycles. The van der Waals surface area contributed by atoms with Crippen LogP contribution in [-0.2, 0) is 20.0 Å². The van der Waals surface area contributed by atoms with Crippen LogP contribution in [0.1, 0.15) is 26.2 Å². The molecule has 10 heteroatoms. The Morgan fingerprint density at radius 2 is 1.64 bits per heavy atom. The smallest absolute Gasteiger partial charge is 0.243 e. The average Bonchev–Trinajstić information content (AvgIpc) is 2.60. The lowest BCUT2D eigenvalue weighted by atomic mass is 10.2. The van der Waals surface area contributed by atoms with Gasteiger partial charge in [-0.05, 0) is 37.6 Å². The predicted octanol–water partition coefficient (Wildman–Crippen LogP) is 1.17. The molecule has 0 unspecified atom stereocenters. The van der Waals surface area contributed by atoms with E-state index in [2.05, 4.69) is 10.0 Å². The fourth-order valence-corrected chi connectivity index (χ4v) is 5.31. The van der Waals surface area contributed by atoms with Crippen molar-refractivity contribution in [2.75, 3.05) is 32.7 Å². The fourth-order valence-electron chi connectivity index (χ4n) is 2.59. The highest BCUT2D eigenvalue weighted by molar-refractivity contribution is 7.90. The number of nitrogens with one attached hydrogen (secondary N) is 2. The second kappa shape index (κ2) is 9.84. The van der Waals surface area contributed by atoms with Crippen LogP contribution in [0.5, 0.6) is 0 Å². The molecule has 1 heterocycles. The standard InChI is InChI=1S/C15H25N3O4S2.ClH/c1-2-16-9-10-17-23(19,20)14-7-6-8-15(13-14)24(21,22)18-11-4-3-5-12-18;/h6-8,13,16-17H,2-5,9-12H2,1H3;1H. The highest BCUT2D eigenvalue weighted by atomic mass is 35.5. The normalized spacial score (nSPS) is 16.4. The average molecular weight is 412 g/mol. The zero-order chi connectivity index (χ0) is 17.6. The summed E-state index contributed by atoms with van der Waals surface area (Å²) in [6.07, 6.45) is 2.70. The summed E-state index contributed by atoms with van der Waals surface area (Å²) >= 11 is 0. The SMILES string of the molecule is CCNCCNS(=O)(=O)c1cccc(S(=O)(=O)N2CCCCC2)c1.Cl. The Balaban J connectivity index is 0.00000312. The van der Waals surface area contributed by atoms with Crippen LogP contribution in [0, 0.1) is 0 Å². The maximum atomic E-state index is 12.7. The maximum absolute atomic E-state index is 12.7. The number of benzene rings is 1. The summed E-state index contributed by atoms with van der Waals surface area (Å²) in [5.41, 5.74) is 0. The van der Waals surface area contributed by atoms with Crippen molar-refractivity contribution < 1.29 is 16.8 Å². The van der Waals surface area contributed by atoms with Gasteiger partial charge in [0.15, 0.2) is 0 Å². The van der Waals surface area contributed by atoms with Gasteiger partial charge in [0.05, 0.1) is 9.79 Å². The lowest BCUT2D eigenvalue weighted by Gasteiger charge is -2.26. The topological polar surface area (TPSA) is 95.6 Å². The molecule has 0 aliphatic carbocycles. The Hall–Kier alpha value is -0.710. The maximum Gasteiger partial charge on any atom is 0.243 e. The quantitative estimate of drug-likeness (QED) is 0.626. The largest absolute Gasteiger partial charge is 0.316 e. The van der Waals surface area contributed by atoms with E-state index in [1.54, 1.807) is 0 Å². The highest BCUT2D eigenvalue weighted by Crippen LogP contribution is 2.22. The lowest BCUT2D eigenvalue weighted by Crippen LogP contribution is -2.36. The van der Waals surface area contributed by atoms with Gasteiger partial charge in [-0.1, -0.05) is 19.4 Å². The molecule has 0 spiro atoms. The number of likely N-dealkylation sites (N-methyl/N-ethyl adjacent to an activating group) is 1. The summed E-state index contributed by atoms with van der Waals surface area (Å²) in [5.74, 6) is 0. The predicted molar refractivity (Wildman–Crippen MR) is 100 cm³/mol. The summed E-state index contributed by atoms with van der Waals surface area (Å²) in [6.45, 7) is 4.43. The Kier molecular flexibility index (Phi) is 8.79. The van der Waals surface area contributed by atoms with Crippen LogP contribution in [0.3, 0.4) is 0 Å². The first kappa shape index (κ1) is 22.3. The number of halogens is 1. The molecule has 0 amide bonds. The van der Waals surface area contributed by atoms with E-state index in [1.165, 1.54) is 28.6 Å². The molecule has 7 nitrogen and oxygen atoms in total. The summed E-state index contributed by atoms with van der Waals surface area (Å²) < 4.78 is 53.8. The van der Waals surface area contributed by atoms with Crippen LogP contribution < -0.4 is 10.0 Å².